The molecular weight excluding hydrogens is 248 g/mol. The van der Waals surface area contributed by atoms with Crippen LogP contribution in [0.15, 0.2) is 11.8 Å². The van der Waals surface area contributed by atoms with Crippen LogP contribution in [0, 0.1) is 11.3 Å². The van der Waals surface area contributed by atoms with E-state index < -0.39 is 0 Å². The molecule has 19 heavy (non-hydrogen) atoms. The van der Waals surface area contributed by atoms with Crippen LogP contribution in [0.4, 0.5) is 0 Å². The van der Waals surface area contributed by atoms with Gasteiger partial charge in [0, 0.05) is 45.8 Å². The lowest BCUT2D eigenvalue weighted by Crippen LogP contribution is -2.50. The van der Waals surface area contributed by atoms with Gasteiger partial charge in [-0.25, -0.2) is 0 Å². The van der Waals surface area contributed by atoms with Crippen molar-refractivity contribution >= 4 is 11.8 Å². The Hall–Kier alpha value is -2.07. The summed E-state index contributed by atoms with van der Waals surface area (Å²) >= 11 is 0. The molecule has 0 spiro atoms. The maximum Gasteiger partial charge on any atom is 0.266 e. The standard InChI is InChI=1S/C12H18N4O3/c1-10(18)15-3-5-16(6-4-15)12(19)11(8-13)9-14-2-7-17/h9,14,17H,2-7H2,1H3/b11-9-. The molecule has 0 radical (unpaired) electrons. The Morgan fingerprint density at radius 2 is 1.89 bits per heavy atom. The average molecular weight is 266 g/mol. The zero-order valence-electron chi connectivity index (χ0n) is 10.9. The molecule has 1 aliphatic rings. The van der Waals surface area contributed by atoms with Crippen molar-refractivity contribution in [1.29, 1.82) is 5.26 Å². The van der Waals surface area contributed by atoms with E-state index in [9.17, 15) is 9.59 Å². The van der Waals surface area contributed by atoms with E-state index >= 15 is 0 Å². The predicted octanol–water partition coefficient (Wildman–Crippen LogP) is -1.33. The summed E-state index contributed by atoms with van der Waals surface area (Å²) in [6.07, 6.45) is 1.32. The second kappa shape index (κ2) is 7.38. The van der Waals surface area contributed by atoms with Crippen molar-refractivity contribution in [2.75, 3.05) is 39.3 Å². The van der Waals surface area contributed by atoms with Crippen LogP contribution in [0.2, 0.25) is 0 Å². The van der Waals surface area contributed by atoms with Gasteiger partial charge in [0.05, 0.1) is 6.61 Å². The Bertz CT molecular complexity index is 406. The van der Waals surface area contributed by atoms with Gasteiger partial charge in [-0.15, -0.1) is 0 Å². The van der Waals surface area contributed by atoms with E-state index in [1.54, 1.807) is 9.80 Å². The van der Waals surface area contributed by atoms with E-state index in [-0.39, 0.29) is 30.5 Å². The molecule has 0 unspecified atom stereocenters. The Labute approximate surface area is 112 Å². The lowest BCUT2D eigenvalue weighted by atomic mass is 10.2. The number of rotatable bonds is 4. The van der Waals surface area contributed by atoms with Crippen LogP contribution >= 0.6 is 0 Å². The summed E-state index contributed by atoms with van der Waals surface area (Å²) in [5.41, 5.74) is 0.00438. The first-order valence-corrected chi connectivity index (χ1v) is 6.09. The molecular formula is C12H18N4O3. The number of nitrogens with zero attached hydrogens (tertiary/aromatic N) is 3. The lowest BCUT2D eigenvalue weighted by molar-refractivity contribution is -0.136. The first-order valence-electron chi connectivity index (χ1n) is 6.09. The van der Waals surface area contributed by atoms with Gasteiger partial charge in [-0.3, -0.25) is 9.59 Å². The second-order valence-electron chi connectivity index (χ2n) is 4.15. The minimum atomic E-state index is -0.351. The number of hydrogen-bond acceptors (Lipinski definition) is 5. The number of nitriles is 1. The largest absolute Gasteiger partial charge is 0.395 e. The summed E-state index contributed by atoms with van der Waals surface area (Å²) in [6, 6.07) is 1.84. The molecule has 0 aromatic carbocycles. The topological polar surface area (TPSA) is 96.7 Å². The summed E-state index contributed by atoms with van der Waals surface area (Å²) < 4.78 is 0. The van der Waals surface area contributed by atoms with Crippen LogP contribution in [0.25, 0.3) is 0 Å². The fourth-order valence-electron chi connectivity index (χ4n) is 1.78. The van der Waals surface area contributed by atoms with Crippen molar-refractivity contribution in [1.82, 2.24) is 15.1 Å². The zero-order chi connectivity index (χ0) is 14.3. The van der Waals surface area contributed by atoms with Gasteiger partial charge in [0.1, 0.15) is 11.6 Å². The molecule has 1 heterocycles. The number of amides is 2. The minimum absolute atomic E-state index is 0.00438. The van der Waals surface area contributed by atoms with Crippen LogP contribution in [0.3, 0.4) is 0 Å². The molecule has 2 N–H and O–H groups in total. The Morgan fingerprint density at radius 3 is 2.37 bits per heavy atom. The van der Waals surface area contributed by atoms with E-state index in [1.165, 1.54) is 13.1 Å². The fraction of sp³-hybridized carbons (Fsp3) is 0.583. The van der Waals surface area contributed by atoms with E-state index in [0.29, 0.717) is 26.2 Å². The van der Waals surface area contributed by atoms with Gasteiger partial charge in [0.15, 0.2) is 0 Å². The highest BCUT2D eigenvalue weighted by atomic mass is 16.3. The molecule has 7 heteroatoms. The molecule has 0 aromatic rings. The lowest BCUT2D eigenvalue weighted by Gasteiger charge is -2.34. The average Bonchev–Trinajstić information content (AvgIpc) is 2.43. The van der Waals surface area contributed by atoms with Crippen LogP contribution in [0.1, 0.15) is 6.92 Å². The van der Waals surface area contributed by atoms with Crippen molar-refractivity contribution in [3.63, 3.8) is 0 Å². The molecule has 1 fully saturated rings. The van der Waals surface area contributed by atoms with E-state index in [2.05, 4.69) is 5.32 Å². The summed E-state index contributed by atoms with van der Waals surface area (Å²) in [6.45, 7) is 3.55. The van der Waals surface area contributed by atoms with Gasteiger partial charge in [-0.1, -0.05) is 0 Å². The van der Waals surface area contributed by atoms with E-state index in [1.807, 2.05) is 6.07 Å². The number of aliphatic hydroxyl groups excluding tert-OH is 1. The third-order valence-electron chi connectivity index (χ3n) is 2.87. The van der Waals surface area contributed by atoms with Crippen LogP contribution < -0.4 is 5.32 Å². The maximum absolute atomic E-state index is 12.0. The number of carbonyl (C=O) groups is 2. The number of piperazine rings is 1. The number of hydrogen-bond donors (Lipinski definition) is 2. The van der Waals surface area contributed by atoms with Crippen molar-refractivity contribution in [2.45, 2.75) is 6.92 Å². The molecule has 0 aliphatic carbocycles. The second-order valence-corrected chi connectivity index (χ2v) is 4.15. The normalized spacial score (nSPS) is 15.9. The highest BCUT2D eigenvalue weighted by Gasteiger charge is 2.24. The number of aliphatic hydroxyl groups is 1. The van der Waals surface area contributed by atoms with Crippen molar-refractivity contribution in [2.24, 2.45) is 0 Å². The van der Waals surface area contributed by atoms with Gasteiger partial charge in [-0.05, 0) is 0 Å². The predicted molar refractivity (Wildman–Crippen MR) is 67.6 cm³/mol. The van der Waals surface area contributed by atoms with Gasteiger partial charge in [-0.2, -0.15) is 5.26 Å². The first kappa shape index (κ1) is 15.0. The minimum Gasteiger partial charge on any atom is -0.395 e. The molecule has 104 valence electrons. The highest BCUT2D eigenvalue weighted by molar-refractivity contribution is 5.97. The highest BCUT2D eigenvalue weighted by Crippen LogP contribution is 2.06. The molecule has 1 rings (SSSR count). The molecule has 0 saturated carbocycles. The molecule has 0 bridgehead atoms. The van der Waals surface area contributed by atoms with Gasteiger partial charge < -0.3 is 20.2 Å². The fourth-order valence-corrected chi connectivity index (χ4v) is 1.78. The summed E-state index contributed by atoms with van der Waals surface area (Å²) in [5.74, 6) is -0.357. The van der Waals surface area contributed by atoms with Crippen molar-refractivity contribution in [3.05, 3.63) is 11.8 Å². The zero-order valence-corrected chi connectivity index (χ0v) is 10.9. The molecule has 0 aromatic heterocycles. The van der Waals surface area contributed by atoms with Crippen LogP contribution in [-0.2, 0) is 9.59 Å². The van der Waals surface area contributed by atoms with E-state index in [4.69, 9.17) is 10.4 Å². The molecule has 1 saturated heterocycles. The molecule has 7 nitrogen and oxygen atoms in total. The summed E-state index contributed by atoms with van der Waals surface area (Å²) in [4.78, 5) is 26.4. The van der Waals surface area contributed by atoms with Gasteiger partial charge in [0.25, 0.3) is 5.91 Å². The Morgan fingerprint density at radius 1 is 1.32 bits per heavy atom. The molecule has 1 aliphatic heterocycles. The van der Waals surface area contributed by atoms with E-state index in [0.717, 1.165) is 0 Å². The molecule has 0 atom stereocenters. The van der Waals surface area contributed by atoms with Gasteiger partial charge in [0.2, 0.25) is 5.91 Å². The Kier molecular flexibility index (Phi) is 5.82. The third-order valence-corrected chi connectivity index (χ3v) is 2.87. The number of nitrogens with one attached hydrogen (secondary N) is 1. The summed E-state index contributed by atoms with van der Waals surface area (Å²) in [7, 11) is 0. The number of carbonyl (C=O) groups excluding carboxylic acids is 2. The quantitative estimate of drug-likeness (QED) is 0.373. The van der Waals surface area contributed by atoms with Crippen molar-refractivity contribution < 1.29 is 14.7 Å². The summed E-state index contributed by atoms with van der Waals surface area (Å²) in [5, 5.41) is 20.2. The third kappa shape index (κ3) is 4.26. The monoisotopic (exact) mass is 266 g/mol. The maximum atomic E-state index is 12.0. The molecule has 2 amide bonds. The first-order chi connectivity index (χ1) is 9.10. The smallest absolute Gasteiger partial charge is 0.266 e. The van der Waals surface area contributed by atoms with Crippen molar-refractivity contribution in [3.8, 4) is 6.07 Å². The van der Waals surface area contributed by atoms with Crippen LogP contribution in [0.5, 0.6) is 0 Å². The SMILES string of the molecule is CC(=O)N1CCN(C(=O)/C(C#N)=C\NCCO)CC1. The van der Waals surface area contributed by atoms with Gasteiger partial charge >= 0.3 is 0 Å². The Balaban J connectivity index is 2.56. The van der Waals surface area contributed by atoms with Crippen LogP contribution in [-0.4, -0.2) is 66.1 Å².